The molecule has 1 aromatic rings. The number of nitrogens with zero attached hydrogens (tertiary/aromatic N) is 3. The fourth-order valence-electron chi connectivity index (χ4n) is 13.4. The smallest absolute Gasteiger partial charge is 0.247 e. The lowest BCUT2D eigenvalue weighted by Crippen LogP contribution is -2.65. The summed E-state index contributed by atoms with van der Waals surface area (Å²) in [7, 11) is -0.816. The average molecular weight is 1000 g/mol. The molecule has 0 aliphatic carbocycles. The maximum atomic E-state index is 15.5. The fourth-order valence-corrected chi connectivity index (χ4v) is 19.8. The highest BCUT2D eigenvalue weighted by Gasteiger charge is 2.68. The second-order valence-corrected chi connectivity index (χ2v) is 27.8. The van der Waals surface area contributed by atoms with Crippen molar-refractivity contribution in [3.63, 3.8) is 0 Å². The molecule has 0 bridgehead atoms. The van der Waals surface area contributed by atoms with E-state index in [1.165, 1.54) is 0 Å². The molecule has 0 aromatic carbocycles. The molecule has 1 fully saturated rings. The number of amides is 2. The van der Waals surface area contributed by atoms with Gasteiger partial charge in [-0.15, -0.1) is 17.9 Å². The molecule has 0 saturated carbocycles. The predicted octanol–water partition coefficient (Wildman–Crippen LogP) is 15.4. The lowest BCUT2D eigenvalue weighted by atomic mass is 9.40. The molecular weight excluding hydrogens is 893 g/mol. The Morgan fingerprint density at radius 1 is 0.884 bits per heavy atom. The molecule has 1 aliphatic rings. The number of hydrogen-bond acceptors (Lipinski definition) is 8. The van der Waals surface area contributed by atoms with E-state index in [1.807, 2.05) is 24.9 Å². The summed E-state index contributed by atoms with van der Waals surface area (Å²) >= 11 is 1.62. The molecule has 1 N–H and O–H groups in total. The average Bonchev–Trinajstić information content (AvgIpc) is 3.85. The Hall–Kier alpha value is -2.31. The predicted molar refractivity (Wildman–Crippen MR) is 298 cm³/mol. The summed E-state index contributed by atoms with van der Waals surface area (Å²) in [4.78, 5) is 39.1. The molecule has 1 saturated heterocycles. The van der Waals surface area contributed by atoms with Gasteiger partial charge in [0.1, 0.15) is 35.8 Å². The van der Waals surface area contributed by atoms with Crippen molar-refractivity contribution in [1.82, 2.24) is 20.1 Å². The van der Waals surface area contributed by atoms with E-state index in [9.17, 15) is 4.79 Å². The van der Waals surface area contributed by atoms with E-state index in [2.05, 4.69) is 146 Å². The van der Waals surface area contributed by atoms with Crippen molar-refractivity contribution < 1.29 is 23.5 Å². The minimum atomic E-state index is -2.83. The van der Waals surface area contributed by atoms with Crippen LogP contribution in [0.1, 0.15) is 212 Å². The molecule has 0 spiro atoms. The van der Waals surface area contributed by atoms with E-state index >= 15 is 4.79 Å². The maximum Gasteiger partial charge on any atom is 0.247 e. The second-order valence-electron chi connectivity index (χ2n) is 22.1. The van der Waals surface area contributed by atoms with E-state index in [4.69, 9.17) is 18.9 Å². The van der Waals surface area contributed by atoms with Crippen LogP contribution in [0.4, 0.5) is 0 Å². The number of carbonyl (C=O) groups is 2. The van der Waals surface area contributed by atoms with Gasteiger partial charge in [-0.05, 0) is 116 Å². The van der Waals surface area contributed by atoms with E-state index in [-0.39, 0.29) is 69.2 Å². The van der Waals surface area contributed by atoms with E-state index < -0.39 is 20.5 Å². The molecule has 1 aliphatic heterocycles. The molecule has 1 aromatic heterocycles. The van der Waals surface area contributed by atoms with Gasteiger partial charge in [0.05, 0.1) is 18.8 Å². The fraction of sp³-hybridized carbons (Fsp3) is 0.810. The van der Waals surface area contributed by atoms with Crippen LogP contribution in [0.3, 0.4) is 0 Å². The number of rotatable bonds is 33. The van der Waals surface area contributed by atoms with Crippen molar-refractivity contribution in [2.45, 2.75) is 237 Å². The maximum absolute atomic E-state index is 15.5. The molecule has 2 amide bonds. The Morgan fingerprint density at radius 3 is 1.94 bits per heavy atom. The largest absolute Gasteiger partial charge is 0.488 e. The van der Waals surface area contributed by atoms with Crippen molar-refractivity contribution >= 4 is 37.2 Å². The number of carbonyl (C=O) groups excluding carboxylic acids is 2. The van der Waals surface area contributed by atoms with Crippen molar-refractivity contribution in [3.05, 3.63) is 47.5 Å². The summed E-state index contributed by atoms with van der Waals surface area (Å²) < 4.78 is 20.8. The van der Waals surface area contributed by atoms with Gasteiger partial charge in [0.15, 0.2) is 8.32 Å². The van der Waals surface area contributed by atoms with Gasteiger partial charge in [-0.3, -0.25) is 14.5 Å². The molecule has 4 unspecified atom stereocenters. The van der Waals surface area contributed by atoms with Gasteiger partial charge in [-0.25, -0.2) is 4.98 Å². The molecule has 2 heterocycles. The van der Waals surface area contributed by atoms with E-state index in [1.54, 1.807) is 23.5 Å². The van der Waals surface area contributed by atoms with Crippen LogP contribution in [0.2, 0.25) is 17.1 Å². The van der Waals surface area contributed by atoms with Crippen molar-refractivity contribution in [3.8, 4) is 0 Å². The van der Waals surface area contributed by atoms with Crippen LogP contribution in [-0.2, 0) is 23.5 Å². The first-order valence-electron chi connectivity index (χ1n) is 27.5. The standard InChI is InChI=1S/C58H106N4O5SSi/c1-22-38-65-42-62(53(64)50(44(15)24-3)60-51(63)46-36-34-35-37-61(46)21)47(43(13)14)40-49(52-59-45(41-68-52)48(25-4)66-39-23-2)67-69(32-11,33-12)58(20,31-10)57(19,30-9)56(18,29-8)55(17,28-7)54(16,26-5)27-6/h22-23,25,41,43-44,46-47,49-50H,1-2,24,26-40,42H2,3-21H3,(H,60,63)/t44-,46+,47+,49+,50-,55?,56?,57?,58?/m0/s1. The molecule has 2 rings (SSSR count). The van der Waals surface area contributed by atoms with E-state index in [0.717, 1.165) is 93.5 Å². The van der Waals surface area contributed by atoms with Crippen LogP contribution >= 0.6 is 11.3 Å². The zero-order valence-electron chi connectivity index (χ0n) is 48.0. The Bertz CT molecular complexity index is 1780. The van der Waals surface area contributed by atoms with Gasteiger partial charge in [0.2, 0.25) is 11.8 Å². The van der Waals surface area contributed by atoms with Crippen LogP contribution in [0.25, 0.3) is 5.76 Å². The first kappa shape index (κ1) is 62.8. The summed E-state index contributed by atoms with van der Waals surface area (Å²) in [6, 6.07) is 0.587. The number of thiazole rings is 1. The summed E-state index contributed by atoms with van der Waals surface area (Å²) in [5.41, 5.74) is 0.812. The number of ether oxygens (including phenoxy) is 2. The highest BCUT2D eigenvalue weighted by atomic mass is 32.1. The summed E-state index contributed by atoms with van der Waals surface area (Å²) in [6.07, 6.45) is 15.6. The van der Waals surface area contributed by atoms with Crippen LogP contribution in [0.5, 0.6) is 0 Å². The number of piperidine rings is 1. The topological polar surface area (TPSA) is 93.2 Å². The van der Waals surface area contributed by atoms with E-state index in [0.29, 0.717) is 25.4 Å². The summed E-state index contributed by atoms with van der Waals surface area (Å²) in [6.45, 7) is 52.4. The van der Waals surface area contributed by atoms with Crippen LogP contribution in [-0.4, -0.2) is 86.6 Å². The van der Waals surface area contributed by atoms with Crippen LogP contribution in [0.15, 0.2) is 36.8 Å². The number of likely N-dealkylation sites (N-methyl/N-ethyl adjacent to an activating group) is 1. The molecule has 0 radical (unpaired) electrons. The number of nitrogens with one attached hydrogen (secondary N) is 1. The molecule has 398 valence electrons. The van der Waals surface area contributed by atoms with Gasteiger partial charge in [-0.1, -0.05) is 169 Å². The number of aromatic nitrogens is 1. The SMILES string of the molecule is C=CCOCN(C(=O)[C@@H](NC(=O)[C@H]1CCCCN1C)[C@@H](C)CC)[C@H](C[C@@H](O[Si](CC)(CC)C(C)(CC)C(C)(CC)C(C)(CC)C(C)(CC)C(C)(CC)CC)c1nc(C(=CC)OCC=C)cs1)C(C)C. The lowest BCUT2D eigenvalue weighted by Gasteiger charge is -2.70. The number of likely N-dealkylation sites (tertiary alicyclic amines) is 1. The van der Waals surface area contributed by atoms with Gasteiger partial charge >= 0.3 is 0 Å². The highest BCUT2D eigenvalue weighted by Crippen LogP contribution is 2.75. The number of allylic oxidation sites excluding steroid dienone is 1. The highest BCUT2D eigenvalue weighted by molar-refractivity contribution is 7.09. The zero-order chi connectivity index (χ0) is 52.6. The molecule has 9 nitrogen and oxygen atoms in total. The minimum absolute atomic E-state index is 0.0128. The Labute approximate surface area is 430 Å². The minimum Gasteiger partial charge on any atom is -0.488 e. The summed E-state index contributed by atoms with van der Waals surface area (Å²) in [5.74, 6) is 0.425. The molecular formula is C58H106N4O5SSi. The molecule has 9 atom stereocenters. The Morgan fingerprint density at radius 2 is 1.48 bits per heavy atom. The third-order valence-electron chi connectivity index (χ3n) is 19.8. The van der Waals surface area contributed by atoms with Crippen LogP contribution < -0.4 is 5.32 Å². The lowest BCUT2D eigenvalue weighted by molar-refractivity contribution is -0.160. The second kappa shape index (κ2) is 27.7. The normalized spacial score (nSPS) is 20.6. The monoisotopic (exact) mass is 999 g/mol. The Kier molecular flexibility index (Phi) is 25.2. The molecule has 69 heavy (non-hydrogen) atoms. The van der Waals surface area contributed by atoms with Gasteiger partial charge in [0.25, 0.3) is 0 Å². The number of hydrogen-bond donors (Lipinski definition) is 1. The van der Waals surface area contributed by atoms with Crippen LogP contribution in [0, 0.1) is 33.5 Å². The van der Waals surface area contributed by atoms with Gasteiger partial charge in [0, 0.05) is 11.4 Å². The summed E-state index contributed by atoms with van der Waals surface area (Å²) in [5, 5.41) is 6.12. The van der Waals surface area contributed by atoms with Gasteiger partial charge in [-0.2, -0.15) is 0 Å². The van der Waals surface area contributed by atoms with Crippen molar-refractivity contribution in [2.75, 3.05) is 33.5 Å². The third kappa shape index (κ3) is 12.7. The first-order chi connectivity index (χ1) is 32.5. The first-order valence-corrected chi connectivity index (χ1v) is 30.7. The van der Waals surface area contributed by atoms with Gasteiger partial charge < -0.3 is 24.1 Å². The third-order valence-corrected chi connectivity index (χ3v) is 26.7. The van der Waals surface area contributed by atoms with Crippen molar-refractivity contribution in [1.29, 1.82) is 0 Å². The van der Waals surface area contributed by atoms with Crippen molar-refractivity contribution in [2.24, 2.45) is 33.5 Å². The molecule has 11 heteroatoms. The zero-order valence-corrected chi connectivity index (χ0v) is 49.8. The Balaban J connectivity index is 3.07. The quantitative estimate of drug-likeness (QED) is 0.0246.